The Morgan fingerprint density at radius 1 is 1.42 bits per heavy atom. The normalized spacial score (nSPS) is 12.8. The Balaban J connectivity index is 2.19. The third kappa shape index (κ3) is 3.22. The van der Waals surface area contributed by atoms with Crippen molar-refractivity contribution >= 4 is 11.3 Å². The zero-order valence-electron chi connectivity index (χ0n) is 12.1. The number of hydrogen-bond donors (Lipinski definition) is 1. The van der Waals surface area contributed by atoms with Crippen LogP contribution < -0.4 is 5.32 Å². The summed E-state index contributed by atoms with van der Waals surface area (Å²) < 4.78 is 2.24. The highest BCUT2D eigenvalue weighted by atomic mass is 32.1. The Bertz CT molecular complexity index is 529. The minimum atomic E-state index is 0.296. The van der Waals surface area contributed by atoms with Crippen molar-refractivity contribution in [3.05, 3.63) is 33.8 Å². The first-order valence-electron chi connectivity index (χ1n) is 6.76. The number of imidazole rings is 1. The van der Waals surface area contributed by atoms with E-state index in [0.717, 1.165) is 35.9 Å². The average Bonchev–Trinajstić information content (AvgIpc) is 2.94. The predicted molar refractivity (Wildman–Crippen MR) is 79.6 cm³/mol. The van der Waals surface area contributed by atoms with E-state index in [2.05, 4.69) is 46.8 Å². The summed E-state index contributed by atoms with van der Waals surface area (Å²) in [7, 11) is 2.01. The molecular weight excluding hydrogens is 256 g/mol. The van der Waals surface area contributed by atoms with Crippen LogP contribution in [0.2, 0.25) is 0 Å². The molecule has 0 aliphatic heterocycles. The van der Waals surface area contributed by atoms with E-state index in [1.807, 2.05) is 13.2 Å². The highest BCUT2D eigenvalue weighted by Crippen LogP contribution is 2.26. The van der Waals surface area contributed by atoms with E-state index < -0.39 is 0 Å². The molecule has 5 heteroatoms. The summed E-state index contributed by atoms with van der Waals surface area (Å²) in [6, 6.07) is 0.296. The standard InChI is InChI=1S/C14H22N4S/c1-5-7-18-8-6-16-13(18)9-12(15-4)14-10(2)17-11(3)19-14/h6,8,12,15H,5,7,9H2,1-4H3. The monoisotopic (exact) mass is 278 g/mol. The SMILES string of the molecule is CCCn1ccnc1CC(NC)c1sc(C)nc1C. The molecule has 4 nitrogen and oxygen atoms in total. The van der Waals surface area contributed by atoms with Crippen LogP contribution in [0.25, 0.3) is 0 Å². The van der Waals surface area contributed by atoms with Gasteiger partial charge in [0, 0.05) is 30.2 Å². The first-order valence-corrected chi connectivity index (χ1v) is 7.58. The topological polar surface area (TPSA) is 42.7 Å². The van der Waals surface area contributed by atoms with Crippen LogP contribution >= 0.6 is 11.3 Å². The number of nitrogens with zero attached hydrogens (tertiary/aromatic N) is 3. The Morgan fingerprint density at radius 3 is 2.79 bits per heavy atom. The van der Waals surface area contributed by atoms with Crippen LogP contribution in [0.15, 0.2) is 12.4 Å². The lowest BCUT2D eigenvalue weighted by Gasteiger charge is -2.16. The first kappa shape index (κ1) is 14.2. The van der Waals surface area contributed by atoms with Crippen LogP contribution in [0.4, 0.5) is 0 Å². The van der Waals surface area contributed by atoms with Crippen LogP contribution in [0.5, 0.6) is 0 Å². The zero-order valence-corrected chi connectivity index (χ0v) is 12.9. The highest BCUT2D eigenvalue weighted by Gasteiger charge is 2.18. The summed E-state index contributed by atoms with van der Waals surface area (Å²) in [5.41, 5.74) is 1.13. The van der Waals surface area contributed by atoms with Gasteiger partial charge in [-0.3, -0.25) is 0 Å². The van der Waals surface area contributed by atoms with Crippen molar-refractivity contribution in [1.29, 1.82) is 0 Å². The molecule has 0 amide bonds. The van der Waals surface area contributed by atoms with Crippen LogP contribution in [0, 0.1) is 13.8 Å². The van der Waals surface area contributed by atoms with E-state index in [1.165, 1.54) is 4.88 Å². The molecule has 0 aromatic carbocycles. The summed E-state index contributed by atoms with van der Waals surface area (Å²) in [6.07, 6.45) is 6.00. The Hall–Kier alpha value is -1.20. The molecule has 0 saturated heterocycles. The molecule has 2 aromatic rings. The molecule has 0 aliphatic carbocycles. The van der Waals surface area contributed by atoms with Gasteiger partial charge in [0.2, 0.25) is 0 Å². The van der Waals surface area contributed by atoms with Gasteiger partial charge in [0.1, 0.15) is 5.82 Å². The number of hydrogen-bond acceptors (Lipinski definition) is 4. The van der Waals surface area contributed by atoms with Gasteiger partial charge in [-0.25, -0.2) is 9.97 Å². The van der Waals surface area contributed by atoms with Crippen molar-refractivity contribution in [2.75, 3.05) is 7.05 Å². The largest absolute Gasteiger partial charge is 0.335 e. The van der Waals surface area contributed by atoms with Gasteiger partial charge in [-0.2, -0.15) is 0 Å². The minimum Gasteiger partial charge on any atom is -0.335 e. The Labute approximate surface area is 118 Å². The maximum absolute atomic E-state index is 4.52. The molecule has 2 rings (SSSR count). The number of rotatable bonds is 6. The molecule has 1 atom stereocenters. The molecule has 0 fully saturated rings. The van der Waals surface area contributed by atoms with Crippen molar-refractivity contribution < 1.29 is 0 Å². The number of aryl methyl sites for hydroxylation is 3. The number of thiazole rings is 1. The van der Waals surface area contributed by atoms with Crippen molar-refractivity contribution in [3.63, 3.8) is 0 Å². The first-order chi connectivity index (χ1) is 9.15. The molecule has 19 heavy (non-hydrogen) atoms. The van der Waals surface area contributed by atoms with Gasteiger partial charge in [-0.1, -0.05) is 6.92 Å². The summed E-state index contributed by atoms with van der Waals surface area (Å²) >= 11 is 1.78. The molecule has 1 N–H and O–H groups in total. The second kappa shape index (κ2) is 6.30. The van der Waals surface area contributed by atoms with Crippen molar-refractivity contribution in [2.45, 2.75) is 46.2 Å². The summed E-state index contributed by atoms with van der Waals surface area (Å²) in [5, 5.41) is 4.53. The summed E-state index contributed by atoms with van der Waals surface area (Å²) in [4.78, 5) is 10.3. The predicted octanol–water partition coefficient (Wildman–Crippen LogP) is 2.87. The summed E-state index contributed by atoms with van der Waals surface area (Å²) in [5.74, 6) is 1.15. The molecule has 104 valence electrons. The molecule has 1 unspecified atom stereocenters. The highest BCUT2D eigenvalue weighted by molar-refractivity contribution is 7.11. The third-order valence-electron chi connectivity index (χ3n) is 3.26. The van der Waals surface area contributed by atoms with Gasteiger partial charge < -0.3 is 9.88 Å². The number of likely N-dealkylation sites (N-methyl/N-ethyl adjacent to an activating group) is 1. The van der Waals surface area contributed by atoms with E-state index in [9.17, 15) is 0 Å². The fourth-order valence-corrected chi connectivity index (χ4v) is 3.39. The van der Waals surface area contributed by atoms with Gasteiger partial charge in [-0.15, -0.1) is 11.3 Å². The van der Waals surface area contributed by atoms with E-state index >= 15 is 0 Å². The fourth-order valence-electron chi connectivity index (χ4n) is 2.35. The van der Waals surface area contributed by atoms with Gasteiger partial charge in [0.25, 0.3) is 0 Å². The minimum absolute atomic E-state index is 0.296. The van der Waals surface area contributed by atoms with Crippen LogP contribution in [-0.2, 0) is 13.0 Å². The molecule has 2 aromatic heterocycles. The van der Waals surface area contributed by atoms with E-state index in [1.54, 1.807) is 11.3 Å². The van der Waals surface area contributed by atoms with E-state index in [4.69, 9.17) is 0 Å². The van der Waals surface area contributed by atoms with E-state index in [-0.39, 0.29) is 0 Å². The van der Waals surface area contributed by atoms with Gasteiger partial charge in [-0.05, 0) is 27.3 Å². The van der Waals surface area contributed by atoms with Crippen molar-refractivity contribution in [2.24, 2.45) is 0 Å². The smallest absolute Gasteiger partial charge is 0.110 e. The van der Waals surface area contributed by atoms with Crippen molar-refractivity contribution in [1.82, 2.24) is 19.9 Å². The van der Waals surface area contributed by atoms with Crippen LogP contribution in [0.1, 0.15) is 40.8 Å². The van der Waals surface area contributed by atoms with Crippen molar-refractivity contribution in [3.8, 4) is 0 Å². The molecule has 0 spiro atoms. The fraction of sp³-hybridized carbons (Fsp3) is 0.571. The molecule has 2 heterocycles. The molecule has 0 radical (unpaired) electrons. The second-order valence-electron chi connectivity index (χ2n) is 4.76. The molecule has 0 aliphatic rings. The number of nitrogens with one attached hydrogen (secondary N) is 1. The third-order valence-corrected chi connectivity index (χ3v) is 4.44. The van der Waals surface area contributed by atoms with E-state index in [0.29, 0.717) is 6.04 Å². The Kier molecular flexibility index (Phi) is 4.71. The van der Waals surface area contributed by atoms with Gasteiger partial charge in [0.05, 0.1) is 16.7 Å². The molecule has 0 bridgehead atoms. The zero-order chi connectivity index (χ0) is 13.8. The number of aromatic nitrogens is 3. The second-order valence-corrected chi connectivity index (χ2v) is 6.00. The Morgan fingerprint density at radius 2 is 2.21 bits per heavy atom. The maximum atomic E-state index is 4.52. The van der Waals surface area contributed by atoms with Gasteiger partial charge in [0.15, 0.2) is 0 Å². The lowest BCUT2D eigenvalue weighted by atomic mass is 10.1. The van der Waals surface area contributed by atoms with Gasteiger partial charge >= 0.3 is 0 Å². The lowest BCUT2D eigenvalue weighted by molar-refractivity contribution is 0.547. The molecular formula is C14H22N4S. The van der Waals surface area contributed by atoms with Crippen LogP contribution in [-0.4, -0.2) is 21.6 Å². The lowest BCUT2D eigenvalue weighted by Crippen LogP contribution is -2.20. The molecule has 0 saturated carbocycles. The summed E-state index contributed by atoms with van der Waals surface area (Å²) in [6.45, 7) is 7.37. The van der Waals surface area contributed by atoms with Crippen LogP contribution in [0.3, 0.4) is 0 Å². The average molecular weight is 278 g/mol. The maximum Gasteiger partial charge on any atom is 0.110 e. The quantitative estimate of drug-likeness (QED) is 0.883.